The zero-order valence-electron chi connectivity index (χ0n) is 52.0. The van der Waals surface area contributed by atoms with Crippen LogP contribution < -0.4 is 0 Å². The molecule has 0 radical (unpaired) electrons. The molecule has 16 bridgehead atoms. The SMILES string of the molecule is C1=Cc2nc1c(-c1ccccc1)c1ccc([nH]1)c(-c1ccccc1)c1nc(c(-c3ccc(-c4ccc(-c5c6nc(c(-c7ccccc7)c7ccc([nH]7)c(-c7ccccc7)c7nc(c(-c8ccccc8)c8ccc5[nH]8)C=C7)C=C6)cc4)cc3)c3ccc([nH]3)c2-c2ccccc2)C=C1. The van der Waals surface area contributed by atoms with Gasteiger partial charge in [0.25, 0.3) is 0 Å². The highest BCUT2D eigenvalue weighted by Crippen LogP contribution is 2.42. The second kappa shape index (κ2) is 23.6. The molecule has 0 fully saturated rings. The number of H-pyrrole nitrogens is 4. The van der Waals surface area contributed by atoms with E-state index in [4.69, 9.17) is 19.9 Å². The summed E-state index contributed by atoms with van der Waals surface area (Å²) in [7, 11) is 0. The maximum absolute atomic E-state index is 5.58. The fourth-order valence-electron chi connectivity index (χ4n) is 14.1. The Kier molecular flexibility index (Phi) is 13.7. The van der Waals surface area contributed by atoms with Crippen LogP contribution in [0.3, 0.4) is 0 Å². The van der Waals surface area contributed by atoms with Crippen LogP contribution in [0.5, 0.6) is 0 Å². The van der Waals surface area contributed by atoms with Crippen LogP contribution in [0.25, 0.3) is 193 Å². The van der Waals surface area contributed by atoms with Crippen molar-refractivity contribution in [3.63, 3.8) is 0 Å². The monoisotopic (exact) mass is 1230 g/mol. The lowest BCUT2D eigenvalue weighted by molar-refractivity contribution is 1.31. The van der Waals surface area contributed by atoms with Crippen LogP contribution in [0.15, 0.2) is 279 Å². The summed E-state index contributed by atoms with van der Waals surface area (Å²) in [6, 6.07) is 98.5. The molecule has 4 N–H and O–H groups in total. The quantitative estimate of drug-likeness (QED) is 0.115. The Balaban J connectivity index is 0.803. The van der Waals surface area contributed by atoms with Crippen LogP contribution in [0.4, 0.5) is 0 Å². The number of nitrogens with one attached hydrogen (secondary N) is 4. The van der Waals surface area contributed by atoms with E-state index in [1.54, 1.807) is 0 Å². The molecule has 96 heavy (non-hydrogen) atoms. The molecule has 0 amide bonds. The molecule has 0 saturated carbocycles. The molecular weight excluding hydrogens is 1170 g/mol. The van der Waals surface area contributed by atoms with Crippen LogP contribution in [-0.4, -0.2) is 39.9 Å². The van der Waals surface area contributed by atoms with E-state index in [-0.39, 0.29) is 0 Å². The predicted octanol–water partition coefficient (Wildman–Crippen LogP) is 22.6. The lowest BCUT2D eigenvalue weighted by Crippen LogP contribution is -1.90. The molecule has 0 unspecified atom stereocenters. The van der Waals surface area contributed by atoms with Crippen LogP contribution in [-0.2, 0) is 0 Å². The molecule has 450 valence electrons. The summed E-state index contributed by atoms with van der Waals surface area (Å²) in [5.74, 6) is 0. The maximum Gasteiger partial charge on any atom is 0.0737 e. The molecular formula is C88H58N8. The summed E-state index contributed by atoms with van der Waals surface area (Å²) in [6.45, 7) is 0. The topological polar surface area (TPSA) is 115 Å². The molecule has 14 aromatic rings. The largest absolute Gasteiger partial charge is 0.354 e. The van der Waals surface area contributed by atoms with E-state index in [0.29, 0.717) is 0 Å². The van der Waals surface area contributed by atoms with E-state index in [1.807, 2.05) is 0 Å². The normalized spacial score (nSPS) is 12.2. The molecule has 8 nitrogen and oxygen atoms in total. The van der Waals surface area contributed by atoms with Crippen LogP contribution in [0.1, 0.15) is 45.6 Å². The molecule has 18 rings (SSSR count). The van der Waals surface area contributed by atoms with Crippen molar-refractivity contribution < 1.29 is 0 Å². The smallest absolute Gasteiger partial charge is 0.0737 e. The van der Waals surface area contributed by atoms with Gasteiger partial charge in [-0.1, -0.05) is 231 Å². The van der Waals surface area contributed by atoms with E-state index in [1.165, 1.54) is 0 Å². The summed E-state index contributed by atoms with van der Waals surface area (Å²) in [5.41, 5.74) is 33.2. The molecule has 4 aliphatic heterocycles. The van der Waals surface area contributed by atoms with Gasteiger partial charge in [-0.3, -0.25) is 0 Å². The van der Waals surface area contributed by atoms with Gasteiger partial charge in [-0.2, -0.15) is 0 Å². The van der Waals surface area contributed by atoms with E-state index >= 15 is 0 Å². The average Bonchev–Trinajstić information content (AvgIpc) is 1.65. The molecule has 0 saturated heterocycles. The van der Waals surface area contributed by atoms with Crippen molar-refractivity contribution in [1.29, 1.82) is 0 Å². The summed E-state index contributed by atoms with van der Waals surface area (Å²) in [6.07, 6.45) is 17.2. The molecule has 6 aromatic heterocycles. The van der Waals surface area contributed by atoms with Gasteiger partial charge in [0.05, 0.1) is 45.6 Å². The first kappa shape index (κ1) is 55.8. The Labute approximate surface area is 554 Å². The van der Waals surface area contributed by atoms with Gasteiger partial charge in [-0.05, 0) is 153 Å². The number of hydrogen-bond acceptors (Lipinski definition) is 4. The highest BCUT2D eigenvalue weighted by atomic mass is 14.8. The molecule has 0 atom stereocenters. The van der Waals surface area contributed by atoms with Gasteiger partial charge in [-0.25, -0.2) is 19.9 Å². The highest BCUT2D eigenvalue weighted by Gasteiger charge is 2.22. The number of rotatable bonds is 9. The Hall–Kier alpha value is -13.0. The third kappa shape index (κ3) is 10.0. The van der Waals surface area contributed by atoms with Crippen molar-refractivity contribution in [3.8, 4) is 100 Å². The maximum atomic E-state index is 5.58. The standard InChI is InChI=1S/C88H58N8/c1-7-19-57(20-8-1)81-65-39-43-69(89-65)83(59-23-11-3-12-24-59)73-47-51-77(93-73)87(78-52-48-74(94-78)84(60-25-13-4-14-26-60)70-44-40-66(81)90-70)63-35-31-55(32-36-63)56-33-37-64(38-34-56)88-79-53-49-75(95-79)85(61-27-15-5-16-28-61)71-45-41-67(91-71)82(58-21-9-2-10-22-58)68-42-46-72(92-68)86(62-29-17-6-18-30-62)76-50-54-80(88)96-76/h1-54,89,91,94,96H. The van der Waals surface area contributed by atoms with Crippen molar-refractivity contribution >= 4 is 92.7 Å². The van der Waals surface area contributed by atoms with Crippen molar-refractivity contribution in [2.45, 2.75) is 0 Å². The van der Waals surface area contributed by atoms with Gasteiger partial charge in [-0.15, -0.1) is 0 Å². The number of benzene rings is 8. The second-order valence-electron chi connectivity index (χ2n) is 24.4. The predicted molar refractivity (Wildman–Crippen MR) is 400 cm³/mol. The summed E-state index contributed by atoms with van der Waals surface area (Å²) >= 11 is 0. The third-order valence-electron chi connectivity index (χ3n) is 18.6. The van der Waals surface area contributed by atoms with Crippen LogP contribution in [0, 0.1) is 0 Å². The van der Waals surface area contributed by atoms with E-state index in [0.717, 1.165) is 190 Å². The minimum atomic E-state index is 0.850. The van der Waals surface area contributed by atoms with Gasteiger partial charge in [0.15, 0.2) is 0 Å². The fraction of sp³-hybridized carbons (Fsp3) is 0. The van der Waals surface area contributed by atoms with E-state index in [9.17, 15) is 0 Å². The molecule has 0 aliphatic carbocycles. The lowest BCUT2D eigenvalue weighted by Gasteiger charge is -2.09. The van der Waals surface area contributed by atoms with Crippen LogP contribution in [0.2, 0.25) is 0 Å². The number of aromatic amines is 4. The Morgan fingerprint density at radius 2 is 0.271 bits per heavy atom. The Morgan fingerprint density at radius 1 is 0.135 bits per heavy atom. The molecule has 0 spiro atoms. The zero-order chi connectivity index (χ0) is 63.5. The van der Waals surface area contributed by atoms with E-state index < -0.39 is 0 Å². The van der Waals surface area contributed by atoms with Gasteiger partial charge in [0.2, 0.25) is 0 Å². The molecule has 4 aliphatic rings. The average molecular weight is 1230 g/mol. The van der Waals surface area contributed by atoms with Crippen molar-refractivity contribution in [3.05, 3.63) is 325 Å². The van der Waals surface area contributed by atoms with Crippen molar-refractivity contribution in [2.75, 3.05) is 0 Å². The van der Waals surface area contributed by atoms with Gasteiger partial charge in [0, 0.05) is 88.6 Å². The number of hydrogen-bond donors (Lipinski definition) is 4. The van der Waals surface area contributed by atoms with Crippen molar-refractivity contribution in [2.24, 2.45) is 0 Å². The Bertz CT molecular complexity index is 5440. The summed E-state index contributed by atoms with van der Waals surface area (Å²) < 4.78 is 0. The number of fused-ring (bicyclic) bond motifs is 16. The molecule has 10 heterocycles. The Morgan fingerprint density at radius 3 is 0.427 bits per heavy atom. The third-order valence-corrected chi connectivity index (χ3v) is 18.6. The highest BCUT2D eigenvalue weighted by molar-refractivity contribution is 6.03. The summed E-state index contributed by atoms with van der Waals surface area (Å²) in [4.78, 5) is 37.8. The summed E-state index contributed by atoms with van der Waals surface area (Å²) in [5, 5.41) is 0. The lowest BCUT2D eigenvalue weighted by atomic mass is 9.97. The number of nitrogens with zero attached hydrogens (tertiary/aromatic N) is 4. The molecule has 8 aromatic carbocycles. The van der Waals surface area contributed by atoms with Gasteiger partial charge in [0.1, 0.15) is 0 Å². The van der Waals surface area contributed by atoms with E-state index in [2.05, 4.69) is 348 Å². The van der Waals surface area contributed by atoms with Crippen molar-refractivity contribution in [1.82, 2.24) is 39.9 Å². The van der Waals surface area contributed by atoms with Gasteiger partial charge >= 0.3 is 0 Å². The zero-order valence-corrected chi connectivity index (χ0v) is 52.0. The first-order valence-electron chi connectivity index (χ1n) is 32.4. The first-order valence-corrected chi connectivity index (χ1v) is 32.4. The van der Waals surface area contributed by atoms with Crippen LogP contribution >= 0.6 is 0 Å². The minimum absolute atomic E-state index is 0.850. The first-order chi connectivity index (χ1) is 47.6. The second-order valence-corrected chi connectivity index (χ2v) is 24.4. The van der Waals surface area contributed by atoms with Gasteiger partial charge < -0.3 is 19.9 Å². The molecule has 8 heteroatoms. The fourth-order valence-corrected chi connectivity index (χ4v) is 14.1. The minimum Gasteiger partial charge on any atom is -0.354 e. The number of aromatic nitrogens is 8.